The molecule has 0 spiro atoms. The molecule has 0 aliphatic heterocycles. The molecular formula is C12H15N5. The molecule has 2 N–H and O–H groups in total. The molecule has 3 rings (SSSR count). The average molecular weight is 229 g/mol. The summed E-state index contributed by atoms with van der Waals surface area (Å²) in [6, 6.07) is 7.66. The molecule has 0 unspecified atom stereocenters. The van der Waals surface area contributed by atoms with Gasteiger partial charge in [-0.15, -0.1) is 5.10 Å². The predicted octanol–water partition coefficient (Wildman–Crippen LogP) is 1.72. The molecule has 0 radical (unpaired) electrons. The molecule has 2 aromatic rings. The molecular weight excluding hydrogens is 214 g/mol. The van der Waals surface area contributed by atoms with Crippen molar-refractivity contribution < 1.29 is 0 Å². The van der Waals surface area contributed by atoms with Crippen molar-refractivity contribution >= 4 is 5.69 Å². The Morgan fingerprint density at radius 1 is 1.24 bits per heavy atom. The SMILES string of the molecule is Nc1ccc(-c2nnnn2CC2CCC2)cc1. The number of nitrogens with zero attached hydrogens (tertiary/aromatic N) is 4. The molecule has 1 aromatic heterocycles. The molecule has 17 heavy (non-hydrogen) atoms. The minimum atomic E-state index is 0.742. The van der Waals surface area contributed by atoms with Gasteiger partial charge in [0.2, 0.25) is 0 Å². The van der Waals surface area contributed by atoms with Crippen molar-refractivity contribution in [1.82, 2.24) is 20.2 Å². The Morgan fingerprint density at radius 3 is 2.65 bits per heavy atom. The zero-order valence-electron chi connectivity index (χ0n) is 9.58. The van der Waals surface area contributed by atoms with E-state index in [1.165, 1.54) is 19.3 Å². The van der Waals surface area contributed by atoms with Crippen LogP contribution in [-0.2, 0) is 6.54 Å². The van der Waals surface area contributed by atoms with Crippen molar-refractivity contribution in [2.24, 2.45) is 5.92 Å². The third-order valence-electron chi connectivity index (χ3n) is 3.36. The maximum Gasteiger partial charge on any atom is 0.182 e. The quantitative estimate of drug-likeness (QED) is 0.813. The van der Waals surface area contributed by atoms with Crippen LogP contribution in [0.2, 0.25) is 0 Å². The summed E-state index contributed by atoms with van der Waals surface area (Å²) < 4.78 is 1.90. The first-order valence-corrected chi connectivity index (χ1v) is 5.95. The van der Waals surface area contributed by atoms with E-state index in [1.54, 1.807) is 0 Å². The number of aromatic nitrogens is 4. The summed E-state index contributed by atoms with van der Waals surface area (Å²) in [4.78, 5) is 0. The number of benzene rings is 1. The van der Waals surface area contributed by atoms with Crippen molar-refractivity contribution in [3.05, 3.63) is 24.3 Å². The highest BCUT2D eigenvalue weighted by Gasteiger charge is 2.20. The van der Waals surface area contributed by atoms with Gasteiger partial charge in [0.15, 0.2) is 5.82 Å². The molecule has 1 fully saturated rings. The maximum atomic E-state index is 5.67. The normalized spacial score (nSPS) is 15.8. The van der Waals surface area contributed by atoms with Crippen LogP contribution in [-0.4, -0.2) is 20.2 Å². The van der Waals surface area contributed by atoms with E-state index >= 15 is 0 Å². The lowest BCUT2D eigenvalue weighted by Crippen LogP contribution is -2.19. The fraction of sp³-hybridized carbons (Fsp3) is 0.417. The monoisotopic (exact) mass is 229 g/mol. The summed E-state index contributed by atoms with van der Waals surface area (Å²) >= 11 is 0. The third-order valence-corrected chi connectivity index (χ3v) is 3.36. The second-order valence-electron chi connectivity index (χ2n) is 4.60. The van der Waals surface area contributed by atoms with E-state index in [0.717, 1.165) is 29.5 Å². The van der Waals surface area contributed by atoms with Crippen molar-refractivity contribution in [2.45, 2.75) is 25.8 Å². The lowest BCUT2D eigenvalue weighted by atomic mass is 9.85. The van der Waals surface area contributed by atoms with Gasteiger partial charge in [-0.25, -0.2) is 4.68 Å². The molecule has 1 aromatic carbocycles. The Morgan fingerprint density at radius 2 is 2.00 bits per heavy atom. The Balaban J connectivity index is 1.86. The van der Waals surface area contributed by atoms with Gasteiger partial charge in [0.05, 0.1) is 0 Å². The highest BCUT2D eigenvalue weighted by Crippen LogP contribution is 2.28. The number of rotatable bonds is 3. The highest BCUT2D eigenvalue weighted by atomic mass is 15.5. The van der Waals surface area contributed by atoms with Gasteiger partial charge in [-0.3, -0.25) is 0 Å². The van der Waals surface area contributed by atoms with Crippen molar-refractivity contribution in [1.29, 1.82) is 0 Å². The third kappa shape index (κ3) is 2.00. The van der Waals surface area contributed by atoms with Crippen LogP contribution in [0.15, 0.2) is 24.3 Å². The molecule has 1 saturated carbocycles. The number of nitrogen functional groups attached to an aromatic ring is 1. The lowest BCUT2D eigenvalue weighted by molar-refractivity contribution is 0.265. The summed E-state index contributed by atoms with van der Waals surface area (Å²) in [6.45, 7) is 0.923. The molecule has 88 valence electrons. The van der Waals surface area contributed by atoms with Crippen LogP contribution in [0.1, 0.15) is 19.3 Å². The van der Waals surface area contributed by atoms with Crippen LogP contribution in [0.25, 0.3) is 11.4 Å². The van der Waals surface area contributed by atoms with Gasteiger partial charge < -0.3 is 5.73 Å². The number of hydrogen-bond acceptors (Lipinski definition) is 4. The van der Waals surface area contributed by atoms with Crippen LogP contribution in [0.4, 0.5) is 5.69 Å². The smallest absolute Gasteiger partial charge is 0.182 e. The van der Waals surface area contributed by atoms with Gasteiger partial charge >= 0.3 is 0 Å². The van der Waals surface area contributed by atoms with Crippen LogP contribution < -0.4 is 5.73 Å². The fourth-order valence-corrected chi connectivity index (χ4v) is 2.09. The van der Waals surface area contributed by atoms with E-state index in [0.29, 0.717) is 0 Å². The molecule has 0 amide bonds. The Kier molecular flexibility index (Phi) is 2.51. The van der Waals surface area contributed by atoms with E-state index in [4.69, 9.17) is 5.73 Å². The molecule has 1 heterocycles. The zero-order chi connectivity index (χ0) is 11.7. The van der Waals surface area contributed by atoms with Gasteiger partial charge in [0.1, 0.15) is 0 Å². The molecule has 5 heteroatoms. The molecule has 1 aliphatic carbocycles. The van der Waals surface area contributed by atoms with Crippen molar-refractivity contribution in [3.63, 3.8) is 0 Å². The summed E-state index contributed by atoms with van der Waals surface area (Å²) in [5, 5.41) is 11.9. The molecule has 1 aliphatic rings. The number of tetrazole rings is 1. The van der Waals surface area contributed by atoms with E-state index in [2.05, 4.69) is 15.5 Å². The van der Waals surface area contributed by atoms with E-state index < -0.39 is 0 Å². The molecule has 0 bridgehead atoms. The van der Waals surface area contributed by atoms with Crippen molar-refractivity contribution in [3.8, 4) is 11.4 Å². The summed E-state index contributed by atoms with van der Waals surface area (Å²) in [7, 11) is 0. The molecule has 5 nitrogen and oxygen atoms in total. The first-order valence-electron chi connectivity index (χ1n) is 5.95. The van der Waals surface area contributed by atoms with Gasteiger partial charge in [0, 0.05) is 17.8 Å². The van der Waals surface area contributed by atoms with E-state index in [9.17, 15) is 0 Å². The zero-order valence-corrected chi connectivity index (χ0v) is 9.58. The number of hydrogen-bond donors (Lipinski definition) is 1. The minimum Gasteiger partial charge on any atom is -0.399 e. The van der Waals surface area contributed by atoms with Gasteiger partial charge in [-0.05, 0) is 53.5 Å². The lowest BCUT2D eigenvalue weighted by Gasteiger charge is -2.25. The summed E-state index contributed by atoms with van der Waals surface area (Å²) in [5.41, 5.74) is 7.44. The first-order chi connectivity index (χ1) is 8.33. The second kappa shape index (κ2) is 4.16. The first kappa shape index (κ1) is 10.3. The molecule has 0 saturated heterocycles. The van der Waals surface area contributed by atoms with Crippen LogP contribution >= 0.6 is 0 Å². The standard InChI is InChI=1S/C12H15N5/c13-11-6-4-10(5-7-11)12-14-15-16-17(12)8-9-2-1-3-9/h4-7,9H,1-3,8,13H2. The largest absolute Gasteiger partial charge is 0.399 e. The van der Waals surface area contributed by atoms with Gasteiger partial charge in [-0.1, -0.05) is 6.42 Å². The van der Waals surface area contributed by atoms with Crippen LogP contribution in [0.5, 0.6) is 0 Å². The fourth-order valence-electron chi connectivity index (χ4n) is 2.09. The maximum absolute atomic E-state index is 5.67. The minimum absolute atomic E-state index is 0.742. The second-order valence-corrected chi connectivity index (χ2v) is 4.60. The topological polar surface area (TPSA) is 69.6 Å². The average Bonchev–Trinajstić information content (AvgIpc) is 2.73. The highest BCUT2D eigenvalue weighted by molar-refractivity contribution is 5.58. The Hall–Kier alpha value is -1.91. The van der Waals surface area contributed by atoms with Gasteiger partial charge in [-0.2, -0.15) is 0 Å². The summed E-state index contributed by atoms with van der Waals surface area (Å²) in [5.74, 6) is 1.57. The predicted molar refractivity (Wildman–Crippen MR) is 65.0 cm³/mol. The number of anilines is 1. The molecule has 0 atom stereocenters. The van der Waals surface area contributed by atoms with Crippen molar-refractivity contribution in [2.75, 3.05) is 5.73 Å². The van der Waals surface area contributed by atoms with Crippen LogP contribution in [0, 0.1) is 5.92 Å². The van der Waals surface area contributed by atoms with E-state index in [-0.39, 0.29) is 0 Å². The summed E-state index contributed by atoms with van der Waals surface area (Å²) in [6.07, 6.45) is 3.92. The van der Waals surface area contributed by atoms with Gasteiger partial charge in [0.25, 0.3) is 0 Å². The van der Waals surface area contributed by atoms with Crippen LogP contribution in [0.3, 0.4) is 0 Å². The number of nitrogens with two attached hydrogens (primary N) is 1. The van der Waals surface area contributed by atoms with E-state index in [1.807, 2.05) is 28.9 Å². The Bertz CT molecular complexity index is 498. The Labute approximate surface area is 99.6 Å².